The third kappa shape index (κ3) is 25.4. The van der Waals surface area contributed by atoms with E-state index in [4.69, 9.17) is 86.1 Å². The van der Waals surface area contributed by atoms with Gasteiger partial charge in [0.1, 0.15) is 22.2 Å². The van der Waals surface area contributed by atoms with Gasteiger partial charge in [-0.3, -0.25) is 38.4 Å². The van der Waals surface area contributed by atoms with Crippen LogP contribution in [0.1, 0.15) is 113 Å². The van der Waals surface area contributed by atoms with Gasteiger partial charge in [0.15, 0.2) is 0 Å². The van der Waals surface area contributed by atoms with E-state index in [-0.39, 0.29) is 192 Å². The lowest BCUT2D eigenvalue weighted by atomic mass is 9.78. The molecular formula is C65H130B4N20O28S4. The zero-order valence-corrected chi connectivity index (χ0v) is 73.5. The average molecular weight is 1810 g/mol. The van der Waals surface area contributed by atoms with Crippen molar-refractivity contribution in [2.24, 2.45) is 69.5 Å². The standard InChI is InChI=1S/2C17H34BN5O7S.C16H32BN5O7S.C15H30BN5O7S/c1-11(2)23(14-8-21(9-14)15(24)12(3)19)31(29,30)22-7-13(5-4-6-18(27)28)17(20,10-22)16(25)26;1-3-7-23(14-9-21(10-14)15(24)12(2)19)31(29,30)22-8-13(5-4-6-18(27)28)17(20,11-22)16(25)26;1-3-22(13-8-20(9-13)14(23)11(2)18)30(28,29)21-7-12(5-4-6-17(26)27)16(19,10-21)15(24)25;1-10(17)13(22)20-7-12(8-20)19(2)29(27,28)21-6-11(4-3-5-16(25)26)15(18,9-21)14(23)24/h11-14,27-28H,4-10,19-20H2,1-3H3,(H,25,26);12-14,27-28H,3-11,19-20H2,1-2H3,(H,25,26);11-13,26-27H,3-10,18-19H2,1-2H3,(H,24,25);10-12,25-26H,3-9,17-18H2,1-2H3,(H,23,24)/t2*12-,13-,17-;11-,12-,16-;10-,11-,15-/m0000/s1. The van der Waals surface area contributed by atoms with Crippen molar-refractivity contribution < 1.29 is 133 Å². The van der Waals surface area contributed by atoms with E-state index >= 15 is 0 Å². The highest BCUT2D eigenvalue weighted by molar-refractivity contribution is 7.87. The molecule has 0 unspecified atom stereocenters. The second-order valence-corrected chi connectivity index (χ2v) is 41.1. The van der Waals surface area contributed by atoms with Gasteiger partial charge in [-0.1, -0.05) is 39.5 Å². The monoisotopic (exact) mass is 1810 g/mol. The molecule has 121 heavy (non-hydrogen) atoms. The molecule has 0 spiro atoms. The van der Waals surface area contributed by atoms with Crippen molar-refractivity contribution in [1.29, 1.82) is 0 Å². The summed E-state index contributed by atoms with van der Waals surface area (Å²) in [5.41, 5.74) is 39.7. The van der Waals surface area contributed by atoms with E-state index < -0.39 is 193 Å². The first-order chi connectivity index (χ1) is 55.7. The van der Waals surface area contributed by atoms with Crippen molar-refractivity contribution >= 4 is 117 Å². The number of nitrogens with zero attached hydrogens (tertiary/aromatic N) is 12. The topological polar surface area (TPSA) is 763 Å². The molecule has 28 N–H and O–H groups in total. The van der Waals surface area contributed by atoms with Crippen LogP contribution in [0.15, 0.2) is 0 Å². The van der Waals surface area contributed by atoms with Crippen LogP contribution in [0.25, 0.3) is 0 Å². The van der Waals surface area contributed by atoms with E-state index in [1.165, 1.54) is 39.6 Å². The van der Waals surface area contributed by atoms with Crippen LogP contribution in [0.2, 0.25) is 25.3 Å². The van der Waals surface area contributed by atoms with Crippen molar-refractivity contribution in [2.75, 3.05) is 125 Å². The Hall–Kier alpha value is -5.14. The largest absolute Gasteiger partial charge is 0.480 e. The quantitative estimate of drug-likeness (QED) is 0.0253. The minimum absolute atomic E-state index is 0.0442. The predicted octanol–water partition coefficient (Wildman–Crippen LogP) is -11.3. The first-order valence-corrected chi connectivity index (χ1v) is 46.1. The Balaban J connectivity index is 0.000000287. The number of carbonyl (C=O) groups excluding carboxylic acids is 4. The van der Waals surface area contributed by atoms with Crippen molar-refractivity contribution in [1.82, 2.24) is 54.0 Å². The molecule has 8 saturated heterocycles. The molecule has 8 aliphatic heterocycles. The summed E-state index contributed by atoms with van der Waals surface area (Å²) in [5.74, 6) is -8.87. The molecule has 8 rings (SSSR count). The first kappa shape index (κ1) is 106. The number of carboxylic acid groups (broad SMARTS) is 4. The lowest BCUT2D eigenvalue weighted by molar-refractivity contribution is -0.145. The Morgan fingerprint density at radius 1 is 0.372 bits per heavy atom. The summed E-state index contributed by atoms with van der Waals surface area (Å²) in [6.45, 7) is 13.6. The third-order valence-electron chi connectivity index (χ3n) is 23.7. The summed E-state index contributed by atoms with van der Waals surface area (Å²) in [4.78, 5) is 101. The highest BCUT2D eigenvalue weighted by Gasteiger charge is 2.60. The fraction of sp³-hybridized carbons (Fsp3) is 0.877. The maximum atomic E-state index is 13.5. The molecule has 694 valence electrons. The minimum Gasteiger partial charge on any atom is -0.480 e. The number of nitrogens with two attached hydrogens (primary N) is 8. The summed E-state index contributed by atoms with van der Waals surface area (Å²) >= 11 is 0. The van der Waals surface area contributed by atoms with E-state index in [1.54, 1.807) is 48.5 Å². The molecule has 0 bridgehead atoms. The van der Waals surface area contributed by atoms with E-state index in [0.29, 0.717) is 32.1 Å². The van der Waals surface area contributed by atoms with Crippen LogP contribution in [0.4, 0.5) is 0 Å². The molecule has 48 nitrogen and oxygen atoms in total. The molecule has 0 aromatic heterocycles. The molecule has 8 fully saturated rings. The number of aliphatic carboxylic acids is 4. The lowest BCUT2D eigenvalue weighted by Crippen LogP contribution is -2.67. The fourth-order valence-corrected chi connectivity index (χ4v) is 23.8. The maximum Gasteiger partial charge on any atom is 0.451 e. The first-order valence-electron chi connectivity index (χ1n) is 40.5. The Bertz CT molecular complexity index is 4010. The molecule has 4 amide bonds. The van der Waals surface area contributed by atoms with Crippen molar-refractivity contribution in [3.05, 3.63) is 0 Å². The van der Waals surface area contributed by atoms with Gasteiger partial charge in [0, 0.05) is 155 Å². The maximum absolute atomic E-state index is 13.5. The zero-order chi connectivity index (χ0) is 92.3. The van der Waals surface area contributed by atoms with Gasteiger partial charge in [0.25, 0.3) is 40.8 Å². The van der Waals surface area contributed by atoms with Gasteiger partial charge >= 0.3 is 52.4 Å². The number of hydrogen-bond acceptors (Lipinski definition) is 32. The SMILES string of the molecule is CC(C)N(C1CN(C(=O)[C@H](C)N)C1)S(=O)(=O)N1C[C@H](CCCB(O)O)[C@](N)(C(=O)O)C1.CCCN(C1CN(C(=O)[C@H](C)N)C1)S(=O)(=O)N1C[C@H](CCCB(O)O)[C@](N)(C(=O)O)C1.CCN(C1CN(C(=O)[C@H](C)N)C1)S(=O)(=O)N1C[C@H](CCCB(O)O)[C@](N)(C(=O)O)C1.C[C@H](N)C(=O)N1CC(N(C)S(=O)(=O)N2C[C@H](CCCB(O)O)[C@](N)(C(=O)O)C2)C1. The van der Waals surface area contributed by atoms with Crippen LogP contribution in [-0.2, 0) is 79.2 Å². The smallest absolute Gasteiger partial charge is 0.451 e. The van der Waals surface area contributed by atoms with Crippen molar-refractivity contribution in [3.63, 3.8) is 0 Å². The molecule has 0 aromatic rings. The van der Waals surface area contributed by atoms with Crippen LogP contribution >= 0.6 is 0 Å². The van der Waals surface area contributed by atoms with Crippen LogP contribution in [0.3, 0.4) is 0 Å². The lowest BCUT2D eigenvalue weighted by Gasteiger charge is -2.47. The molecule has 0 aromatic carbocycles. The van der Waals surface area contributed by atoms with Gasteiger partial charge in [0.05, 0.1) is 48.3 Å². The molecule has 0 radical (unpaired) electrons. The second kappa shape index (κ2) is 43.6. The van der Waals surface area contributed by atoms with Gasteiger partial charge in [-0.15, -0.1) is 0 Å². The highest BCUT2D eigenvalue weighted by atomic mass is 32.2. The molecule has 12 atom stereocenters. The number of hydrogen-bond donors (Lipinski definition) is 20. The van der Waals surface area contributed by atoms with E-state index in [0.717, 1.165) is 21.5 Å². The van der Waals surface area contributed by atoms with E-state index in [2.05, 4.69) is 0 Å². The van der Waals surface area contributed by atoms with E-state index in [1.807, 2.05) is 6.92 Å². The molecule has 0 aliphatic carbocycles. The minimum atomic E-state index is -4.05. The molecule has 8 heterocycles. The van der Waals surface area contributed by atoms with Crippen LogP contribution in [-0.4, -0.2) is 426 Å². The van der Waals surface area contributed by atoms with Crippen molar-refractivity contribution in [2.45, 2.75) is 215 Å². The Morgan fingerprint density at radius 2 is 0.603 bits per heavy atom. The van der Waals surface area contributed by atoms with Gasteiger partial charge in [0.2, 0.25) is 23.6 Å². The summed E-state index contributed by atoms with van der Waals surface area (Å²) in [5, 5.41) is 111. The number of carbonyl (C=O) groups is 8. The van der Waals surface area contributed by atoms with Gasteiger partial charge in [-0.2, -0.15) is 68.1 Å². The summed E-state index contributed by atoms with van der Waals surface area (Å²) < 4.78 is 116. The van der Waals surface area contributed by atoms with Gasteiger partial charge < -0.3 is 126 Å². The second-order valence-electron chi connectivity index (χ2n) is 33.5. The number of likely N-dealkylation sites (N-methyl/N-ethyl adjacent to an activating group) is 2. The summed E-state index contributed by atoms with van der Waals surface area (Å²) in [7, 11) is -20.7. The number of carboxylic acids is 4. The number of rotatable bonds is 40. The van der Waals surface area contributed by atoms with Crippen molar-refractivity contribution in [3.8, 4) is 0 Å². The van der Waals surface area contributed by atoms with E-state index in [9.17, 15) is 92.5 Å². The average Bonchev–Trinajstić information content (AvgIpc) is 1.65. The summed E-state index contributed by atoms with van der Waals surface area (Å²) in [6.07, 6.45) is 2.93. The summed E-state index contributed by atoms with van der Waals surface area (Å²) in [6, 6.07) is -4.76. The molecule has 8 aliphatic rings. The molecule has 0 saturated carbocycles. The predicted molar refractivity (Wildman–Crippen MR) is 441 cm³/mol. The van der Waals surface area contributed by atoms with Crippen LogP contribution < -0.4 is 45.9 Å². The normalized spacial score (nSPS) is 26.6. The van der Waals surface area contributed by atoms with Gasteiger partial charge in [-0.05, 0) is 98.9 Å². The third-order valence-corrected chi connectivity index (χ3v) is 32.0. The number of likely N-dealkylation sites (tertiary alicyclic amines) is 4. The zero-order valence-electron chi connectivity index (χ0n) is 70.3. The van der Waals surface area contributed by atoms with Crippen LogP contribution in [0, 0.1) is 23.7 Å². The van der Waals surface area contributed by atoms with Crippen LogP contribution in [0.5, 0.6) is 0 Å². The number of amides is 4. The fourth-order valence-electron chi connectivity index (χ4n) is 16.3. The Kier molecular flexibility index (Phi) is 38.3. The molecule has 56 heteroatoms. The molecular weight excluding hydrogens is 1680 g/mol. The van der Waals surface area contributed by atoms with Gasteiger partial charge in [-0.25, -0.2) is 0 Å². The highest BCUT2D eigenvalue weighted by Crippen LogP contribution is 2.40. The Morgan fingerprint density at radius 3 is 0.835 bits per heavy atom. The Labute approximate surface area is 709 Å².